The van der Waals surface area contributed by atoms with E-state index in [1.165, 1.54) is 0 Å². The molecule has 2 N–H and O–H groups in total. The molecule has 1 atom stereocenters. The first-order chi connectivity index (χ1) is 8.53. The van der Waals surface area contributed by atoms with E-state index in [9.17, 15) is 13.6 Å². The molecule has 2 saturated carbocycles. The van der Waals surface area contributed by atoms with Crippen LogP contribution in [0.1, 0.15) is 44.9 Å². The van der Waals surface area contributed by atoms with Crippen molar-refractivity contribution >= 4 is 5.91 Å². The van der Waals surface area contributed by atoms with Gasteiger partial charge in [0.2, 0.25) is 11.8 Å². The second-order valence-corrected chi connectivity index (χ2v) is 5.55. The molecule has 5 heteroatoms. The molecule has 0 aromatic heterocycles. The van der Waals surface area contributed by atoms with Gasteiger partial charge in [0.25, 0.3) is 0 Å². The lowest BCUT2D eigenvalue weighted by atomic mass is 9.90. The number of rotatable bonds is 5. The summed E-state index contributed by atoms with van der Waals surface area (Å²) < 4.78 is 26.4. The molecule has 2 aliphatic rings. The molecular formula is C13H22F2N2O. The Morgan fingerprint density at radius 3 is 2.50 bits per heavy atom. The smallest absolute Gasteiger partial charge is 0.248 e. The summed E-state index contributed by atoms with van der Waals surface area (Å²) in [5, 5.41) is 0. The lowest BCUT2D eigenvalue weighted by Gasteiger charge is -2.39. The average Bonchev–Trinajstić information content (AvgIpc) is 2.61. The predicted molar refractivity (Wildman–Crippen MR) is 65.3 cm³/mol. The monoisotopic (exact) mass is 260 g/mol. The van der Waals surface area contributed by atoms with Gasteiger partial charge in [0.1, 0.15) is 0 Å². The van der Waals surface area contributed by atoms with Crippen LogP contribution in [0.2, 0.25) is 0 Å². The molecule has 104 valence electrons. The largest absolute Gasteiger partial charge is 0.339 e. The van der Waals surface area contributed by atoms with Gasteiger partial charge in [0, 0.05) is 31.3 Å². The summed E-state index contributed by atoms with van der Waals surface area (Å²) >= 11 is 0. The van der Waals surface area contributed by atoms with Crippen molar-refractivity contribution in [3.8, 4) is 0 Å². The Morgan fingerprint density at radius 2 is 2.06 bits per heavy atom. The molecular weight excluding hydrogens is 238 g/mol. The second kappa shape index (κ2) is 5.51. The first kappa shape index (κ1) is 13.7. The van der Waals surface area contributed by atoms with E-state index >= 15 is 0 Å². The Hall–Kier alpha value is -0.710. The summed E-state index contributed by atoms with van der Waals surface area (Å²) in [4.78, 5) is 14.1. The van der Waals surface area contributed by atoms with Gasteiger partial charge >= 0.3 is 0 Å². The van der Waals surface area contributed by atoms with E-state index < -0.39 is 11.8 Å². The highest BCUT2D eigenvalue weighted by atomic mass is 19.3. The van der Waals surface area contributed by atoms with Crippen LogP contribution in [0.4, 0.5) is 8.78 Å². The fourth-order valence-corrected chi connectivity index (χ4v) is 2.83. The van der Waals surface area contributed by atoms with Gasteiger partial charge in [0.15, 0.2) is 0 Å². The predicted octanol–water partition coefficient (Wildman–Crippen LogP) is 2.15. The van der Waals surface area contributed by atoms with Crippen molar-refractivity contribution in [1.82, 2.24) is 4.90 Å². The average molecular weight is 260 g/mol. The van der Waals surface area contributed by atoms with Crippen LogP contribution in [-0.2, 0) is 4.79 Å². The van der Waals surface area contributed by atoms with Crippen molar-refractivity contribution < 1.29 is 13.6 Å². The Kier molecular flexibility index (Phi) is 4.20. The Labute approximate surface area is 107 Å². The van der Waals surface area contributed by atoms with Gasteiger partial charge in [0.05, 0.1) is 0 Å². The topological polar surface area (TPSA) is 46.3 Å². The van der Waals surface area contributed by atoms with Gasteiger partial charge < -0.3 is 10.6 Å². The molecule has 0 heterocycles. The minimum atomic E-state index is -2.64. The van der Waals surface area contributed by atoms with Gasteiger partial charge in [-0.3, -0.25) is 4.79 Å². The fraction of sp³-hybridized carbons (Fsp3) is 0.923. The van der Waals surface area contributed by atoms with Crippen molar-refractivity contribution in [3.05, 3.63) is 0 Å². The maximum absolute atomic E-state index is 13.2. The molecule has 3 nitrogen and oxygen atoms in total. The number of carbonyl (C=O) groups is 1. The van der Waals surface area contributed by atoms with Crippen molar-refractivity contribution in [1.29, 1.82) is 0 Å². The van der Waals surface area contributed by atoms with Crippen molar-refractivity contribution in [2.75, 3.05) is 13.1 Å². The first-order valence-corrected chi connectivity index (χ1v) is 6.92. The van der Waals surface area contributed by atoms with Crippen LogP contribution in [-0.4, -0.2) is 35.9 Å². The molecule has 1 amide bonds. The third kappa shape index (κ3) is 2.99. The zero-order valence-corrected chi connectivity index (χ0v) is 10.7. The molecule has 1 unspecified atom stereocenters. The van der Waals surface area contributed by atoms with Crippen LogP contribution in [0.5, 0.6) is 0 Å². The maximum atomic E-state index is 13.2. The molecule has 0 aliphatic heterocycles. The Bertz CT molecular complexity index is 305. The van der Waals surface area contributed by atoms with Crippen LogP contribution in [0, 0.1) is 5.92 Å². The fourth-order valence-electron chi connectivity index (χ4n) is 2.83. The number of alkyl halides is 2. The second-order valence-electron chi connectivity index (χ2n) is 5.55. The van der Waals surface area contributed by atoms with Crippen molar-refractivity contribution in [2.45, 2.75) is 56.9 Å². The van der Waals surface area contributed by atoms with E-state index in [-0.39, 0.29) is 24.8 Å². The Morgan fingerprint density at radius 1 is 1.33 bits per heavy atom. The third-order valence-corrected chi connectivity index (χ3v) is 4.15. The number of nitrogens with zero attached hydrogens (tertiary/aromatic N) is 1. The van der Waals surface area contributed by atoms with Gasteiger partial charge in [-0.1, -0.05) is 0 Å². The summed E-state index contributed by atoms with van der Waals surface area (Å²) in [6.45, 7) is 1.17. The molecule has 2 rings (SSSR count). The van der Waals surface area contributed by atoms with Crippen molar-refractivity contribution in [2.24, 2.45) is 11.7 Å². The lowest BCUT2D eigenvalue weighted by Crippen LogP contribution is -2.47. The molecule has 0 bridgehead atoms. The number of carbonyl (C=O) groups excluding carboxylic acids is 1. The zero-order chi connectivity index (χ0) is 13.2. The highest BCUT2D eigenvalue weighted by Crippen LogP contribution is 2.40. The number of amides is 1. The van der Waals surface area contributed by atoms with E-state index in [4.69, 9.17) is 5.73 Å². The molecule has 0 aromatic carbocycles. The molecule has 0 aromatic rings. The molecule has 0 radical (unpaired) electrons. The van der Waals surface area contributed by atoms with Crippen LogP contribution < -0.4 is 5.73 Å². The van der Waals surface area contributed by atoms with E-state index in [1.54, 1.807) is 0 Å². The van der Waals surface area contributed by atoms with E-state index in [0.29, 0.717) is 19.5 Å². The summed E-state index contributed by atoms with van der Waals surface area (Å²) in [7, 11) is 0. The van der Waals surface area contributed by atoms with E-state index in [2.05, 4.69) is 0 Å². The van der Waals surface area contributed by atoms with E-state index in [0.717, 1.165) is 25.7 Å². The maximum Gasteiger partial charge on any atom is 0.248 e. The van der Waals surface area contributed by atoms with Crippen LogP contribution in [0.15, 0.2) is 0 Å². The molecule has 0 saturated heterocycles. The Balaban J connectivity index is 1.94. The van der Waals surface area contributed by atoms with Crippen LogP contribution >= 0.6 is 0 Å². The summed E-state index contributed by atoms with van der Waals surface area (Å²) in [5.41, 5.74) is 5.48. The van der Waals surface area contributed by atoms with Gasteiger partial charge in [-0.05, 0) is 38.6 Å². The highest BCUT2D eigenvalue weighted by molar-refractivity contribution is 5.79. The summed E-state index contributed by atoms with van der Waals surface area (Å²) in [6, 6.07) is 0.276. The number of hydrogen-bond acceptors (Lipinski definition) is 2. The molecule has 18 heavy (non-hydrogen) atoms. The van der Waals surface area contributed by atoms with Gasteiger partial charge in [-0.15, -0.1) is 0 Å². The number of nitrogens with two attached hydrogens (primary N) is 1. The zero-order valence-electron chi connectivity index (χ0n) is 10.7. The highest BCUT2D eigenvalue weighted by Gasteiger charge is 2.44. The SMILES string of the molecule is NCCCN(C(=O)C1CCC(F)(F)C1)C1CCC1. The number of hydrogen-bond donors (Lipinski definition) is 1. The lowest BCUT2D eigenvalue weighted by molar-refractivity contribution is -0.140. The molecule has 2 fully saturated rings. The summed E-state index contributed by atoms with van der Waals surface area (Å²) in [6.07, 6.45) is 3.84. The minimum Gasteiger partial charge on any atom is -0.339 e. The molecule has 2 aliphatic carbocycles. The van der Waals surface area contributed by atoms with Crippen molar-refractivity contribution in [3.63, 3.8) is 0 Å². The van der Waals surface area contributed by atoms with E-state index in [1.807, 2.05) is 4.90 Å². The van der Waals surface area contributed by atoms with Gasteiger partial charge in [-0.2, -0.15) is 0 Å². The summed E-state index contributed by atoms with van der Waals surface area (Å²) in [5.74, 6) is -3.18. The standard InChI is InChI=1S/C13H22F2N2O/c14-13(15)6-5-10(9-13)12(18)17(8-2-7-16)11-3-1-4-11/h10-11H,1-9,16H2. The number of halogens is 2. The minimum absolute atomic E-state index is 0.0645. The normalized spacial score (nSPS) is 26.9. The third-order valence-electron chi connectivity index (χ3n) is 4.15. The quantitative estimate of drug-likeness (QED) is 0.823. The van der Waals surface area contributed by atoms with Gasteiger partial charge in [-0.25, -0.2) is 8.78 Å². The first-order valence-electron chi connectivity index (χ1n) is 6.92. The van der Waals surface area contributed by atoms with Crippen LogP contribution in [0.25, 0.3) is 0 Å². The molecule has 0 spiro atoms. The van der Waals surface area contributed by atoms with Crippen LogP contribution in [0.3, 0.4) is 0 Å².